The highest BCUT2D eigenvalue weighted by atomic mass is 16.5. The van der Waals surface area contributed by atoms with E-state index in [-0.39, 0.29) is 0 Å². The zero-order chi connectivity index (χ0) is 14.4. The molecule has 1 aliphatic carbocycles. The van der Waals surface area contributed by atoms with Crippen molar-refractivity contribution in [1.82, 2.24) is 5.32 Å². The Bertz CT molecular complexity index is 388. The summed E-state index contributed by atoms with van der Waals surface area (Å²) in [5, 5.41) is 3.38. The summed E-state index contributed by atoms with van der Waals surface area (Å²) in [7, 11) is 0. The Kier molecular flexibility index (Phi) is 6.11. The molecule has 1 aromatic rings. The molecule has 0 saturated heterocycles. The Balaban J connectivity index is 1.78. The second-order valence-electron chi connectivity index (χ2n) is 6.25. The van der Waals surface area contributed by atoms with Gasteiger partial charge in [0.25, 0.3) is 0 Å². The molecule has 114 valence electrons. The van der Waals surface area contributed by atoms with Crippen LogP contribution in [0.25, 0.3) is 0 Å². The number of hydrogen-bond donors (Lipinski definition) is 1. The lowest BCUT2D eigenvalue weighted by molar-refractivity contribution is -0.00797. The maximum absolute atomic E-state index is 6.11. The summed E-state index contributed by atoms with van der Waals surface area (Å²) in [5.41, 5.74) is 1.19. The van der Waals surface area contributed by atoms with Crippen LogP contribution in [-0.4, -0.2) is 12.6 Å². The van der Waals surface area contributed by atoms with Crippen LogP contribution < -0.4 is 5.32 Å². The minimum atomic E-state index is 0.424. The molecule has 1 fully saturated rings. The van der Waals surface area contributed by atoms with E-state index in [1.807, 2.05) is 6.07 Å². The summed E-state index contributed by atoms with van der Waals surface area (Å²) in [5.74, 6) is 2.65. The van der Waals surface area contributed by atoms with Gasteiger partial charge in [-0.25, -0.2) is 0 Å². The second kappa shape index (κ2) is 7.84. The third-order valence-corrected chi connectivity index (χ3v) is 4.57. The van der Waals surface area contributed by atoms with E-state index in [4.69, 9.17) is 9.15 Å². The van der Waals surface area contributed by atoms with E-state index in [1.54, 1.807) is 6.26 Å². The summed E-state index contributed by atoms with van der Waals surface area (Å²) in [6.45, 7) is 9.39. The van der Waals surface area contributed by atoms with E-state index in [2.05, 4.69) is 26.1 Å². The minimum absolute atomic E-state index is 0.424. The predicted octanol–water partition coefficient (Wildman–Crippen LogP) is 4.12. The van der Waals surface area contributed by atoms with Gasteiger partial charge >= 0.3 is 0 Å². The van der Waals surface area contributed by atoms with Crippen LogP contribution in [0.5, 0.6) is 0 Å². The van der Waals surface area contributed by atoms with Crippen LogP contribution >= 0.6 is 0 Å². The fourth-order valence-corrected chi connectivity index (χ4v) is 2.89. The summed E-state index contributed by atoms with van der Waals surface area (Å²) in [6, 6.07) is 2.04. The highest BCUT2D eigenvalue weighted by molar-refractivity contribution is 5.15. The van der Waals surface area contributed by atoms with Crippen molar-refractivity contribution in [3.05, 3.63) is 23.7 Å². The Hall–Kier alpha value is -0.800. The number of rotatable bonds is 7. The maximum atomic E-state index is 6.11. The van der Waals surface area contributed by atoms with Gasteiger partial charge in [-0.3, -0.25) is 0 Å². The average molecular weight is 279 g/mol. The average Bonchev–Trinajstić information content (AvgIpc) is 2.88. The molecule has 0 bridgehead atoms. The second-order valence-corrected chi connectivity index (χ2v) is 6.25. The molecule has 0 amide bonds. The highest BCUT2D eigenvalue weighted by Crippen LogP contribution is 2.31. The molecule has 0 radical (unpaired) electrons. The Labute approximate surface area is 123 Å². The third kappa shape index (κ3) is 4.35. The largest absolute Gasteiger partial charge is 0.468 e. The first kappa shape index (κ1) is 15.6. The molecule has 3 atom stereocenters. The summed E-state index contributed by atoms with van der Waals surface area (Å²) in [4.78, 5) is 0. The van der Waals surface area contributed by atoms with Crippen molar-refractivity contribution in [3.8, 4) is 0 Å². The lowest BCUT2D eigenvalue weighted by atomic mass is 9.80. The summed E-state index contributed by atoms with van der Waals surface area (Å²) >= 11 is 0. The standard InChI is InChI=1S/C17H29NO2/c1-4-8-18-11-17-15(7-9-19-17)12-20-16-6-5-13(2)14(3)10-16/h7,9,13-14,16,18H,4-6,8,10-12H2,1-3H3. The van der Waals surface area contributed by atoms with Gasteiger partial charge in [-0.1, -0.05) is 20.8 Å². The molecule has 3 nitrogen and oxygen atoms in total. The molecule has 1 N–H and O–H groups in total. The quantitative estimate of drug-likeness (QED) is 0.762. The maximum Gasteiger partial charge on any atom is 0.123 e. The van der Waals surface area contributed by atoms with Gasteiger partial charge in [0.15, 0.2) is 0 Å². The van der Waals surface area contributed by atoms with Gasteiger partial charge in [0.1, 0.15) is 5.76 Å². The molecule has 3 heteroatoms. The van der Waals surface area contributed by atoms with E-state index < -0.39 is 0 Å². The van der Waals surface area contributed by atoms with Gasteiger partial charge in [0.05, 0.1) is 25.5 Å². The molecule has 0 aliphatic heterocycles. The molecule has 1 heterocycles. The number of ether oxygens (including phenoxy) is 1. The molecule has 1 aromatic heterocycles. The highest BCUT2D eigenvalue weighted by Gasteiger charge is 2.25. The first-order chi connectivity index (χ1) is 9.70. The van der Waals surface area contributed by atoms with E-state index in [0.29, 0.717) is 12.7 Å². The number of hydrogen-bond acceptors (Lipinski definition) is 3. The Morgan fingerprint density at radius 3 is 2.90 bits per heavy atom. The molecule has 1 aliphatic rings. The zero-order valence-corrected chi connectivity index (χ0v) is 13.2. The third-order valence-electron chi connectivity index (χ3n) is 4.57. The van der Waals surface area contributed by atoms with Gasteiger partial charge in [0.2, 0.25) is 0 Å². The molecule has 0 spiro atoms. The SMILES string of the molecule is CCCNCc1occc1COC1CCC(C)C(C)C1. The van der Waals surface area contributed by atoms with Gasteiger partial charge in [-0.2, -0.15) is 0 Å². The predicted molar refractivity (Wildman–Crippen MR) is 81.5 cm³/mol. The van der Waals surface area contributed by atoms with E-state index in [1.165, 1.54) is 24.8 Å². The van der Waals surface area contributed by atoms with Crippen LogP contribution in [-0.2, 0) is 17.9 Å². The van der Waals surface area contributed by atoms with Crippen molar-refractivity contribution in [2.24, 2.45) is 11.8 Å². The molecule has 1 saturated carbocycles. The number of furan rings is 1. The smallest absolute Gasteiger partial charge is 0.123 e. The van der Waals surface area contributed by atoms with Gasteiger partial charge < -0.3 is 14.5 Å². The van der Waals surface area contributed by atoms with Gasteiger partial charge in [0, 0.05) is 5.56 Å². The van der Waals surface area contributed by atoms with Crippen molar-refractivity contribution >= 4 is 0 Å². The fraction of sp³-hybridized carbons (Fsp3) is 0.765. The van der Waals surface area contributed by atoms with E-state index >= 15 is 0 Å². The van der Waals surface area contributed by atoms with Crippen molar-refractivity contribution < 1.29 is 9.15 Å². The van der Waals surface area contributed by atoms with Crippen LogP contribution in [0.3, 0.4) is 0 Å². The van der Waals surface area contributed by atoms with Crippen LogP contribution in [0.2, 0.25) is 0 Å². The molecule has 3 unspecified atom stereocenters. The lowest BCUT2D eigenvalue weighted by Gasteiger charge is -2.31. The van der Waals surface area contributed by atoms with Crippen molar-refractivity contribution in [3.63, 3.8) is 0 Å². The van der Waals surface area contributed by atoms with Crippen molar-refractivity contribution in [2.75, 3.05) is 6.54 Å². The fourth-order valence-electron chi connectivity index (χ4n) is 2.89. The van der Waals surface area contributed by atoms with Crippen LogP contribution in [0.15, 0.2) is 16.7 Å². The number of nitrogens with one attached hydrogen (secondary N) is 1. The monoisotopic (exact) mass is 279 g/mol. The zero-order valence-electron chi connectivity index (χ0n) is 13.2. The molecular weight excluding hydrogens is 250 g/mol. The van der Waals surface area contributed by atoms with E-state index in [9.17, 15) is 0 Å². The first-order valence-electron chi connectivity index (χ1n) is 8.08. The Morgan fingerprint density at radius 1 is 1.30 bits per heavy atom. The van der Waals surface area contributed by atoms with Crippen molar-refractivity contribution in [2.45, 2.75) is 65.7 Å². The molecule has 20 heavy (non-hydrogen) atoms. The topological polar surface area (TPSA) is 34.4 Å². The van der Waals surface area contributed by atoms with E-state index in [0.717, 1.165) is 37.1 Å². The normalized spacial score (nSPS) is 26.9. The summed E-state index contributed by atoms with van der Waals surface area (Å²) < 4.78 is 11.7. The molecule has 0 aromatic carbocycles. The van der Waals surface area contributed by atoms with Crippen molar-refractivity contribution in [1.29, 1.82) is 0 Å². The minimum Gasteiger partial charge on any atom is -0.468 e. The molecule has 2 rings (SSSR count). The lowest BCUT2D eigenvalue weighted by Crippen LogP contribution is -2.26. The first-order valence-corrected chi connectivity index (χ1v) is 8.08. The Morgan fingerprint density at radius 2 is 2.15 bits per heavy atom. The molecular formula is C17H29NO2. The van der Waals surface area contributed by atoms with Gasteiger partial charge in [-0.15, -0.1) is 0 Å². The van der Waals surface area contributed by atoms with Crippen LogP contribution in [0.4, 0.5) is 0 Å². The van der Waals surface area contributed by atoms with Crippen LogP contribution in [0.1, 0.15) is 57.8 Å². The van der Waals surface area contributed by atoms with Gasteiger partial charge in [-0.05, 0) is 50.1 Å². The summed E-state index contributed by atoms with van der Waals surface area (Å²) in [6.07, 6.45) is 7.03. The van der Waals surface area contributed by atoms with Crippen LogP contribution in [0, 0.1) is 11.8 Å².